The minimum atomic E-state index is -0.558. The molecule has 1 fully saturated rings. The number of thioether (sulfide) groups is 1. The van der Waals surface area contributed by atoms with Gasteiger partial charge in [-0.05, 0) is 51.2 Å². The number of hydrogen-bond acceptors (Lipinski definition) is 8. The van der Waals surface area contributed by atoms with E-state index in [4.69, 9.17) is 18.9 Å². The van der Waals surface area contributed by atoms with Crippen molar-refractivity contribution >= 4 is 29.7 Å². The maximum absolute atomic E-state index is 11.7. The van der Waals surface area contributed by atoms with E-state index in [1.165, 1.54) is 33.1 Å². The highest BCUT2D eigenvalue weighted by Gasteiger charge is 2.42. The lowest BCUT2D eigenvalue weighted by Gasteiger charge is -2.44. The van der Waals surface area contributed by atoms with Crippen LogP contribution in [0.4, 0.5) is 4.79 Å². The lowest BCUT2D eigenvalue weighted by atomic mass is 9.82. The van der Waals surface area contributed by atoms with Crippen LogP contribution in [0.25, 0.3) is 0 Å². The average molecular weight is 547 g/mol. The van der Waals surface area contributed by atoms with Crippen LogP contribution < -0.4 is 10.6 Å². The Morgan fingerprint density at radius 1 is 0.919 bits per heavy atom. The molecule has 0 aromatic carbocycles. The van der Waals surface area contributed by atoms with Gasteiger partial charge in [0.25, 0.3) is 0 Å². The van der Waals surface area contributed by atoms with Crippen molar-refractivity contribution in [3.05, 3.63) is 0 Å². The summed E-state index contributed by atoms with van der Waals surface area (Å²) >= 11 is 1.85. The second-order valence-electron chi connectivity index (χ2n) is 10.8. The van der Waals surface area contributed by atoms with E-state index in [9.17, 15) is 14.4 Å². The number of esters is 1. The first-order valence-corrected chi connectivity index (χ1v) is 14.8. The normalized spacial score (nSPS) is 23.8. The van der Waals surface area contributed by atoms with Crippen LogP contribution >= 0.6 is 11.8 Å². The van der Waals surface area contributed by atoms with Gasteiger partial charge in [0.05, 0.1) is 12.1 Å². The van der Waals surface area contributed by atoms with E-state index < -0.39 is 11.9 Å². The monoisotopic (exact) mass is 546 g/mol. The van der Waals surface area contributed by atoms with E-state index >= 15 is 0 Å². The third-order valence-corrected chi connectivity index (χ3v) is 7.36. The molecule has 37 heavy (non-hydrogen) atoms. The molecule has 0 spiro atoms. The van der Waals surface area contributed by atoms with Crippen molar-refractivity contribution in [2.75, 3.05) is 31.3 Å². The highest BCUT2D eigenvalue weighted by molar-refractivity contribution is 7.99. The molecule has 0 aromatic rings. The lowest BCUT2D eigenvalue weighted by Crippen LogP contribution is -2.58. The maximum atomic E-state index is 11.7. The Kier molecular flexibility index (Phi) is 16.2. The number of rotatable bonds is 16. The first-order chi connectivity index (χ1) is 17.4. The molecular weight excluding hydrogens is 496 g/mol. The molecule has 0 saturated carbocycles. The van der Waals surface area contributed by atoms with Crippen molar-refractivity contribution < 1.29 is 33.3 Å². The van der Waals surface area contributed by atoms with Crippen molar-refractivity contribution in [1.29, 1.82) is 0 Å². The Morgan fingerprint density at radius 2 is 1.57 bits per heavy atom. The van der Waals surface area contributed by atoms with Crippen LogP contribution in [0, 0.1) is 11.8 Å². The van der Waals surface area contributed by atoms with Crippen LogP contribution in [0.3, 0.4) is 0 Å². The fourth-order valence-electron chi connectivity index (χ4n) is 4.12. The number of nitrogens with one attached hydrogen (secondary N) is 2. The van der Waals surface area contributed by atoms with Gasteiger partial charge >= 0.3 is 12.1 Å². The molecule has 0 aromatic heterocycles. The van der Waals surface area contributed by atoms with Gasteiger partial charge in [-0.1, -0.05) is 39.5 Å². The van der Waals surface area contributed by atoms with Gasteiger partial charge < -0.3 is 29.6 Å². The van der Waals surface area contributed by atoms with Gasteiger partial charge in [0.15, 0.2) is 6.29 Å². The topological polar surface area (TPSA) is 112 Å². The second kappa shape index (κ2) is 17.9. The molecule has 1 saturated heterocycles. The summed E-state index contributed by atoms with van der Waals surface area (Å²) in [5.41, 5.74) is -0.463. The van der Waals surface area contributed by atoms with Gasteiger partial charge in [0.1, 0.15) is 12.2 Å². The van der Waals surface area contributed by atoms with Crippen LogP contribution in [-0.4, -0.2) is 73.3 Å². The summed E-state index contributed by atoms with van der Waals surface area (Å²) in [6, 6.07) is -0.238. The lowest BCUT2D eigenvalue weighted by molar-refractivity contribution is -0.244. The Labute approximate surface area is 227 Å². The molecule has 0 aliphatic carbocycles. The molecule has 0 radical (unpaired) electrons. The number of carbonyl (C=O) groups is 3. The predicted octanol–water partition coefficient (Wildman–Crippen LogP) is 4.67. The largest absolute Gasteiger partial charge is 0.463 e. The first-order valence-electron chi connectivity index (χ1n) is 13.6. The summed E-state index contributed by atoms with van der Waals surface area (Å²) in [5.74, 6) is 1.76. The standard InChI is InChI=1S/C27H50N2O7S/c1-19-20(2)24(29-21(3)30)25(35-23(19)18-34-22(4)31)33-15-12-10-8-9-11-13-16-37-17-14-28-26(32)36-27(5,6)7/h19-20,23-25H,8-18H2,1-7H3,(H,28,32)(H,29,30)/t19-,20-,23?,24?,25+/m0/s1. The first kappa shape index (κ1) is 33.5. The quantitative estimate of drug-likeness (QED) is 0.212. The average Bonchev–Trinajstić information content (AvgIpc) is 2.78. The molecule has 5 atom stereocenters. The third-order valence-electron chi connectivity index (χ3n) is 6.28. The summed E-state index contributed by atoms with van der Waals surface area (Å²) in [6.07, 6.45) is 5.52. The van der Waals surface area contributed by atoms with E-state index in [1.807, 2.05) is 39.5 Å². The number of ether oxygens (including phenoxy) is 4. The maximum Gasteiger partial charge on any atom is 0.407 e. The SMILES string of the molecule is CC(=O)NC1[C@H](OCCCCCCCCSCCNC(=O)OC(C)(C)C)OC(COC(C)=O)[C@@H](C)[C@@H]1C. The van der Waals surface area contributed by atoms with Crippen molar-refractivity contribution in [3.8, 4) is 0 Å². The predicted molar refractivity (Wildman–Crippen MR) is 146 cm³/mol. The van der Waals surface area contributed by atoms with Crippen LogP contribution in [0.15, 0.2) is 0 Å². The number of unbranched alkanes of at least 4 members (excludes halogenated alkanes) is 5. The fourth-order valence-corrected chi connectivity index (χ4v) is 4.98. The van der Waals surface area contributed by atoms with Crippen LogP contribution in [0.1, 0.15) is 87.0 Å². The summed E-state index contributed by atoms with van der Waals surface area (Å²) in [6.45, 7) is 13.9. The van der Waals surface area contributed by atoms with Crippen molar-refractivity contribution in [3.63, 3.8) is 0 Å². The van der Waals surface area contributed by atoms with E-state index in [1.54, 1.807) is 0 Å². The van der Waals surface area contributed by atoms with Crippen LogP contribution in [-0.2, 0) is 28.5 Å². The van der Waals surface area contributed by atoms with Gasteiger partial charge in [-0.2, -0.15) is 11.8 Å². The Morgan fingerprint density at radius 3 is 2.19 bits per heavy atom. The highest BCUT2D eigenvalue weighted by Crippen LogP contribution is 2.32. The summed E-state index contributed by atoms with van der Waals surface area (Å²) in [4.78, 5) is 34.6. The summed E-state index contributed by atoms with van der Waals surface area (Å²) in [7, 11) is 0. The van der Waals surface area contributed by atoms with Gasteiger partial charge in [-0.25, -0.2) is 4.79 Å². The Balaban J connectivity index is 2.17. The van der Waals surface area contributed by atoms with E-state index in [0.29, 0.717) is 13.2 Å². The molecule has 2 unspecified atom stereocenters. The van der Waals surface area contributed by atoms with Crippen LogP contribution in [0.5, 0.6) is 0 Å². The van der Waals surface area contributed by atoms with Crippen molar-refractivity contribution in [2.24, 2.45) is 11.8 Å². The molecular formula is C27H50N2O7S. The number of carbonyl (C=O) groups excluding carboxylic acids is 3. The smallest absolute Gasteiger partial charge is 0.407 e. The van der Waals surface area contributed by atoms with Crippen molar-refractivity contribution in [1.82, 2.24) is 10.6 Å². The molecule has 0 bridgehead atoms. The number of amides is 2. The van der Waals surface area contributed by atoms with Crippen LogP contribution in [0.2, 0.25) is 0 Å². The molecule has 1 aliphatic heterocycles. The van der Waals surface area contributed by atoms with Gasteiger partial charge in [-0.3, -0.25) is 9.59 Å². The molecule has 2 N–H and O–H groups in total. The highest BCUT2D eigenvalue weighted by atomic mass is 32.2. The zero-order valence-corrected chi connectivity index (χ0v) is 24.7. The molecule has 216 valence electrons. The van der Waals surface area contributed by atoms with Gasteiger partial charge in [0, 0.05) is 32.8 Å². The van der Waals surface area contributed by atoms with E-state index in [-0.39, 0.29) is 48.6 Å². The summed E-state index contributed by atoms with van der Waals surface area (Å²) < 4.78 is 22.6. The third kappa shape index (κ3) is 15.5. The molecule has 10 heteroatoms. The van der Waals surface area contributed by atoms with Gasteiger partial charge in [0.2, 0.25) is 5.91 Å². The minimum absolute atomic E-state index is 0.107. The zero-order chi connectivity index (χ0) is 27.8. The second-order valence-corrected chi connectivity index (χ2v) is 12.0. The number of hydrogen-bond donors (Lipinski definition) is 2. The van der Waals surface area contributed by atoms with E-state index in [2.05, 4.69) is 17.6 Å². The number of alkyl carbamates (subject to hydrolysis) is 1. The fraction of sp³-hybridized carbons (Fsp3) is 0.889. The molecule has 1 rings (SSSR count). The molecule has 9 nitrogen and oxygen atoms in total. The van der Waals surface area contributed by atoms with Gasteiger partial charge in [-0.15, -0.1) is 0 Å². The summed E-state index contributed by atoms with van der Waals surface area (Å²) in [5, 5.41) is 5.76. The minimum Gasteiger partial charge on any atom is -0.463 e. The van der Waals surface area contributed by atoms with E-state index in [0.717, 1.165) is 30.8 Å². The molecule has 2 amide bonds. The Bertz CT molecular complexity index is 684. The molecule has 1 aliphatic rings. The zero-order valence-electron chi connectivity index (χ0n) is 23.9. The molecule has 1 heterocycles. The Hall–Kier alpha value is -1.52. The van der Waals surface area contributed by atoms with Crippen molar-refractivity contribution in [2.45, 2.75) is 111 Å².